The second kappa shape index (κ2) is 10.7. The Bertz CT molecular complexity index is 1050. The molecule has 0 bridgehead atoms. The minimum atomic E-state index is -0.414. The van der Waals surface area contributed by atoms with Crippen LogP contribution in [0.1, 0.15) is 53.9 Å². The average molecular weight is 470 g/mol. The number of amides is 2. The molecule has 2 aliphatic rings. The Kier molecular flexibility index (Phi) is 7.47. The fourth-order valence-corrected chi connectivity index (χ4v) is 5.64. The Morgan fingerprint density at radius 3 is 2.85 bits per heavy atom. The number of carbonyl (C=O) groups excluding carboxylic acids is 2. The standard InChI is InChI=1S/C24H27N3O5S/c25-13-20-19-9-3-15(14-32-24(30)26-16-4-6-17(28)7-5-16)12-21(19)33-23(20)27-22(29)10-8-18-2-1-11-31-18/h1-2,8,10-11,15-17,28H,3-7,9,12,14H2,(H,26,30)(H,27,29)/b10-8+. The van der Waals surface area contributed by atoms with Crippen LogP contribution in [-0.2, 0) is 22.4 Å². The lowest BCUT2D eigenvalue weighted by molar-refractivity contribution is -0.111. The molecule has 0 spiro atoms. The number of nitriles is 1. The molecule has 1 fully saturated rings. The van der Waals surface area contributed by atoms with Crippen LogP contribution in [0.15, 0.2) is 28.9 Å². The van der Waals surface area contributed by atoms with Crippen LogP contribution in [-0.4, -0.2) is 35.9 Å². The number of alkyl carbamates (subject to hydrolysis) is 1. The molecule has 8 nitrogen and oxygen atoms in total. The Labute approximate surface area is 196 Å². The van der Waals surface area contributed by atoms with E-state index in [0.717, 1.165) is 29.7 Å². The fraction of sp³-hybridized carbons (Fsp3) is 0.458. The number of thiophene rings is 1. The van der Waals surface area contributed by atoms with Crippen molar-refractivity contribution in [3.8, 4) is 6.07 Å². The third-order valence-electron chi connectivity index (χ3n) is 6.13. The number of nitrogens with zero attached hydrogens (tertiary/aromatic N) is 1. The zero-order chi connectivity index (χ0) is 23.2. The third-order valence-corrected chi connectivity index (χ3v) is 7.30. The molecule has 4 rings (SSSR count). The monoisotopic (exact) mass is 469 g/mol. The van der Waals surface area contributed by atoms with E-state index in [4.69, 9.17) is 9.15 Å². The van der Waals surface area contributed by atoms with Gasteiger partial charge in [-0.15, -0.1) is 11.3 Å². The largest absolute Gasteiger partial charge is 0.465 e. The Morgan fingerprint density at radius 1 is 1.30 bits per heavy atom. The highest BCUT2D eigenvalue weighted by Crippen LogP contribution is 2.39. The number of anilines is 1. The first kappa shape index (κ1) is 23.1. The molecule has 2 heterocycles. The molecule has 0 aliphatic heterocycles. The van der Waals surface area contributed by atoms with Crippen molar-refractivity contribution in [3.05, 3.63) is 46.2 Å². The third kappa shape index (κ3) is 6.03. The van der Waals surface area contributed by atoms with E-state index in [0.29, 0.717) is 48.6 Å². The molecule has 1 saturated carbocycles. The maximum Gasteiger partial charge on any atom is 0.407 e. The maximum atomic E-state index is 12.3. The molecule has 0 saturated heterocycles. The van der Waals surface area contributed by atoms with Crippen molar-refractivity contribution >= 4 is 34.4 Å². The van der Waals surface area contributed by atoms with Crippen LogP contribution in [0.25, 0.3) is 6.08 Å². The number of ether oxygens (including phenoxy) is 1. The number of nitrogens with one attached hydrogen (secondary N) is 2. The molecule has 33 heavy (non-hydrogen) atoms. The van der Waals surface area contributed by atoms with Gasteiger partial charge in [-0.25, -0.2) is 4.79 Å². The molecule has 2 aromatic heterocycles. The normalized spacial score (nSPS) is 22.4. The van der Waals surface area contributed by atoms with E-state index in [2.05, 4.69) is 16.7 Å². The highest BCUT2D eigenvalue weighted by molar-refractivity contribution is 7.16. The second-order valence-corrected chi connectivity index (χ2v) is 9.62. The van der Waals surface area contributed by atoms with Crippen molar-refractivity contribution in [1.29, 1.82) is 5.26 Å². The van der Waals surface area contributed by atoms with Crippen molar-refractivity contribution in [3.63, 3.8) is 0 Å². The smallest absolute Gasteiger partial charge is 0.407 e. The predicted molar refractivity (Wildman–Crippen MR) is 124 cm³/mol. The van der Waals surface area contributed by atoms with E-state index >= 15 is 0 Å². The summed E-state index contributed by atoms with van der Waals surface area (Å²) in [5.41, 5.74) is 1.50. The topological polar surface area (TPSA) is 125 Å². The summed E-state index contributed by atoms with van der Waals surface area (Å²) in [7, 11) is 0. The van der Waals surface area contributed by atoms with E-state index in [1.54, 1.807) is 18.2 Å². The fourth-order valence-electron chi connectivity index (χ4n) is 4.32. The number of hydrogen-bond acceptors (Lipinski definition) is 7. The number of fused-ring (bicyclic) bond motifs is 1. The zero-order valence-electron chi connectivity index (χ0n) is 18.2. The summed E-state index contributed by atoms with van der Waals surface area (Å²) in [4.78, 5) is 25.5. The van der Waals surface area contributed by atoms with Crippen LogP contribution in [0.3, 0.4) is 0 Å². The van der Waals surface area contributed by atoms with Crippen LogP contribution in [0.4, 0.5) is 9.80 Å². The van der Waals surface area contributed by atoms with Crippen molar-refractivity contribution in [2.45, 2.75) is 57.1 Å². The highest BCUT2D eigenvalue weighted by Gasteiger charge is 2.28. The number of aliphatic hydroxyl groups excluding tert-OH is 1. The Hall–Kier alpha value is -3.09. The van der Waals surface area contributed by atoms with Gasteiger partial charge in [0.15, 0.2) is 0 Å². The van der Waals surface area contributed by atoms with Crippen molar-refractivity contribution < 1.29 is 23.8 Å². The Morgan fingerprint density at radius 2 is 2.12 bits per heavy atom. The van der Waals surface area contributed by atoms with Gasteiger partial charge in [0.05, 0.1) is 24.5 Å². The molecule has 0 radical (unpaired) electrons. The molecular formula is C24H27N3O5S. The number of hydrogen-bond donors (Lipinski definition) is 3. The number of rotatable bonds is 6. The van der Waals surface area contributed by atoms with Gasteiger partial charge in [-0.3, -0.25) is 4.79 Å². The average Bonchev–Trinajstić information content (AvgIpc) is 3.44. The number of carbonyl (C=O) groups is 2. The van der Waals surface area contributed by atoms with Crippen LogP contribution < -0.4 is 10.6 Å². The van der Waals surface area contributed by atoms with Crippen molar-refractivity contribution in [2.24, 2.45) is 5.92 Å². The van der Waals surface area contributed by atoms with Gasteiger partial charge in [-0.05, 0) is 74.6 Å². The van der Waals surface area contributed by atoms with Crippen molar-refractivity contribution in [1.82, 2.24) is 5.32 Å². The zero-order valence-corrected chi connectivity index (χ0v) is 19.0. The van der Waals surface area contributed by atoms with Crippen LogP contribution in [0, 0.1) is 17.2 Å². The molecule has 1 unspecified atom stereocenters. The summed E-state index contributed by atoms with van der Waals surface area (Å²) in [5.74, 6) is 0.418. The first-order chi connectivity index (χ1) is 16.0. The van der Waals surface area contributed by atoms with Gasteiger partial charge >= 0.3 is 6.09 Å². The van der Waals surface area contributed by atoms with E-state index in [1.165, 1.54) is 23.7 Å². The lowest BCUT2D eigenvalue weighted by Gasteiger charge is -2.26. The second-order valence-electron chi connectivity index (χ2n) is 8.51. The first-order valence-corrected chi connectivity index (χ1v) is 12.0. The maximum absolute atomic E-state index is 12.3. The van der Waals surface area contributed by atoms with Crippen LogP contribution >= 0.6 is 11.3 Å². The summed E-state index contributed by atoms with van der Waals surface area (Å²) in [6.45, 7) is 0.313. The molecule has 9 heteroatoms. The minimum Gasteiger partial charge on any atom is -0.465 e. The molecular weight excluding hydrogens is 442 g/mol. The van der Waals surface area contributed by atoms with Gasteiger partial charge in [0.25, 0.3) is 0 Å². The van der Waals surface area contributed by atoms with Gasteiger partial charge in [0.2, 0.25) is 5.91 Å². The SMILES string of the molecule is N#Cc1c(NC(=O)/C=C/c2ccco2)sc2c1CCC(COC(=O)NC1CCC(O)CC1)C2. The number of furan rings is 1. The highest BCUT2D eigenvalue weighted by atomic mass is 32.1. The van der Waals surface area contributed by atoms with Gasteiger partial charge in [0.1, 0.15) is 16.8 Å². The summed E-state index contributed by atoms with van der Waals surface area (Å²) in [5, 5.41) is 25.5. The molecule has 3 N–H and O–H groups in total. The van der Waals surface area contributed by atoms with Crippen LogP contribution in [0.2, 0.25) is 0 Å². The van der Waals surface area contributed by atoms with E-state index in [-0.39, 0.29) is 24.0 Å². The lowest BCUT2D eigenvalue weighted by atomic mass is 9.88. The first-order valence-electron chi connectivity index (χ1n) is 11.2. The van der Waals surface area contributed by atoms with Crippen molar-refractivity contribution in [2.75, 3.05) is 11.9 Å². The molecule has 2 aromatic rings. The molecule has 2 aliphatic carbocycles. The summed E-state index contributed by atoms with van der Waals surface area (Å²) < 4.78 is 10.6. The summed E-state index contributed by atoms with van der Waals surface area (Å²) in [6, 6.07) is 5.78. The molecule has 2 amide bonds. The van der Waals surface area contributed by atoms with Crippen LogP contribution in [0.5, 0.6) is 0 Å². The lowest BCUT2D eigenvalue weighted by Crippen LogP contribution is -2.39. The quantitative estimate of drug-likeness (QED) is 0.549. The summed E-state index contributed by atoms with van der Waals surface area (Å²) in [6.07, 6.45) is 8.96. The van der Waals surface area contributed by atoms with Gasteiger partial charge in [-0.1, -0.05) is 0 Å². The van der Waals surface area contributed by atoms with E-state index in [1.807, 2.05) is 0 Å². The Balaban J connectivity index is 1.30. The van der Waals surface area contributed by atoms with E-state index in [9.17, 15) is 20.0 Å². The van der Waals surface area contributed by atoms with E-state index < -0.39 is 6.09 Å². The molecule has 0 aromatic carbocycles. The number of aliphatic hydroxyl groups is 1. The predicted octanol–water partition coefficient (Wildman–Crippen LogP) is 4.00. The van der Waals surface area contributed by atoms with Gasteiger partial charge in [0, 0.05) is 17.0 Å². The molecule has 1 atom stereocenters. The van der Waals surface area contributed by atoms with Gasteiger partial charge < -0.3 is 24.9 Å². The molecule has 174 valence electrons. The van der Waals surface area contributed by atoms with Gasteiger partial charge in [-0.2, -0.15) is 5.26 Å². The minimum absolute atomic E-state index is 0.0577. The summed E-state index contributed by atoms with van der Waals surface area (Å²) >= 11 is 1.41.